The predicted molar refractivity (Wildman–Crippen MR) is 79.4 cm³/mol. The number of hydrogen-bond acceptors (Lipinski definition) is 4. The molecule has 1 aromatic heterocycles. The molecule has 0 spiro atoms. The number of piperazine rings is 1. The van der Waals surface area contributed by atoms with Crippen LogP contribution < -0.4 is 0 Å². The summed E-state index contributed by atoms with van der Waals surface area (Å²) < 4.78 is 0. The first-order valence-corrected chi connectivity index (χ1v) is 7.71. The minimum Gasteiger partial charge on any atom is -0.348 e. The van der Waals surface area contributed by atoms with Gasteiger partial charge in [0.2, 0.25) is 5.91 Å². The Labute approximate surface area is 119 Å². The van der Waals surface area contributed by atoms with Gasteiger partial charge in [-0.25, -0.2) is 0 Å². The van der Waals surface area contributed by atoms with Crippen molar-refractivity contribution in [3.05, 3.63) is 22.4 Å². The number of rotatable bonds is 4. The summed E-state index contributed by atoms with van der Waals surface area (Å²) in [5.74, 6) is 0.194. The summed E-state index contributed by atoms with van der Waals surface area (Å²) in [6.07, 6.45) is 0. The van der Waals surface area contributed by atoms with E-state index < -0.39 is 0 Å². The number of thiophene rings is 1. The Morgan fingerprint density at radius 3 is 2.58 bits per heavy atom. The zero-order valence-corrected chi connectivity index (χ0v) is 12.8. The molecule has 1 fully saturated rings. The third-order valence-corrected chi connectivity index (χ3v) is 4.54. The lowest BCUT2D eigenvalue weighted by Gasteiger charge is -2.37. The lowest BCUT2D eigenvalue weighted by Crippen LogP contribution is -2.49. The smallest absolute Gasteiger partial charge is 0.236 e. The van der Waals surface area contributed by atoms with Gasteiger partial charge in [0.1, 0.15) is 0 Å². The van der Waals surface area contributed by atoms with Crippen LogP contribution in [-0.4, -0.2) is 67.4 Å². The first kappa shape index (κ1) is 14.5. The summed E-state index contributed by atoms with van der Waals surface area (Å²) in [6.45, 7) is 6.86. The molecule has 0 saturated carbocycles. The highest BCUT2D eigenvalue weighted by molar-refractivity contribution is 7.07. The third kappa shape index (κ3) is 3.78. The lowest BCUT2D eigenvalue weighted by atomic mass is 10.1. The van der Waals surface area contributed by atoms with Crippen molar-refractivity contribution >= 4 is 17.2 Å². The molecule has 1 amide bonds. The molecule has 0 unspecified atom stereocenters. The molecule has 0 aromatic carbocycles. The fourth-order valence-corrected chi connectivity index (χ4v) is 3.11. The van der Waals surface area contributed by atoms with Gasteiger partial charge < -0.3 is 4.90 Å². The molecule has 1 atom stereocenters. The Hall–Kier alpha value is -0.910. The first-order valence-electron chi connectivity index (χ1n) is 6.76. The van der Waals surface area contributed by atoms with Gasteiger partial charge in [0.25, 0.3) is 0 Å². The van der Waals surface area contributed by atoms with Crippen LogP contribution in [0, 0.1) is 0 Å². The Morgan fingerprint density at radius 1 is 1.37 bits per heavy atom. The molecule has 4 nitrogen and oxygen atoms in total. The van der Waals surface area contributed by atoms with Gasteiger partial charge in [-0.3, -0.25) is 14.6 Å². The summed E-state index contributed by atoms with van der Waals surface area (Å²) in [6, 6.07) is 2.69. The molecule has 2 rings (SSSR count). The molecule has 19 heavy (non-hydrogen) atoms. The summed E-state index contributed by atoms with van der Waals surface area (Å²) >= 11 is 1.76. The zero-order valence-electron chi connectivity index (χ0n) is 12.0. The monoisotopic (exact) mass is 281 g/mol. The van der Waals surface area contributed by atoms with E-state index in [0.29, 0.717) is 12.6 Å². The molecule has 0 aliphatic carbocycles. The maximum atomic E-state index is 11.7. The van der Waals surface area contributed by atoms with E-state index in [4.69, 9.17) is 0 Å². The normalized spacial score (nSPS) is 19.3. The van der Waals surface area contributed by atoms with E-state index in [0.717, 1.165) is 26.2 Å². The van der Waals surface area contributed by atoms with Crippen molar-refractivity contribution in [3.63, 3.8) is 0 Å². The average Bonchev–Trinajstić information content (AvgIpc) is 2.92. The molecule has 1 aliphatic rings. The number of likely N-dealkylation sites (N-methyl/N-ethyl adjacent to an activating group) is 1. The molecule has 106 valence electrons. The van der Waals surface area contributed by atoms with Gasteiger partial charge in [-0.1, -0.05) is 0 Å². The van der Waals surface area contributed by atoms with Gasteiger partial charge >= 0.3 is 0 Å². The Bertz CT molecular complexity index is 397. The van der Waals surface area contributed by atoms with Gasteiger partial charge in [0.05, 0.1) is 6.54 Å². The number of carbonyl (C=O) groups is 1. The molecule has 0 N–H and O–H groups in total. The highest BCUT2D eigenvalue weighted by atomic mass is 32.1. The maximum absolute atomic E-state index is 11.7. The average molecular weight is 281 g/mol. The maximum Gasteiger partial charge on any atom is 0.236 e. The molecular weight excluding hydrogens is 258 g/mol. The summed E-state index contributed by atoms with van der Waals surface area (Å²) in [4.78, 5) is 18.1. The topological polar surface area (TPSA) is 26.8 Å². The second-order valence-corrected chi connectivity index (χ2v) is 6.11. The van der Waals surface area contributed by atoms with Crippen LogP contribution in [0.15, 0.2) is 16.8 Å². The van der Waals surface area contributed by atoms with E-state index in [-0.39, 0.29) is 5.91 Å². The van der Waals surface area contributed by atoms with E-state index in [9.17, 15) is 4.79 Å². The molecule has 1 aliphatic heterocycles. The van der Waals surface area contributed by atoms with E-state index in [1.807, 2.05) is 14.1 Å². The van der Waals surface area contributed by atoms with E-state index in [2.05, 4.69) is 33.6 Å². The Balaban J connectivity index is 1.81. The highest BCUT2D eigenvalue weighted by Gasteiger charge is 2.23. The van der Waals surface area contributed by atoms with Gasteiger partial charge in [0, 0.05) is 46.3 Å². The Morgan fingerprint density at radius 2 is 2.05 bits per heavy atom. The van der Waals surface area contributed by atoms with Crippen molar-refractivity contribution in [2.24, 2.45) is 0 Å². The van der Waals surface area contributed by atoms with Gasteiger partial charge in [-0.15, -0.1) is 0 Å². The van der Waals surface area contributed by atoms with Crippen molar-refractivity contribution in [3.8, 4) is 0 Å². The SMILES string of the molecule is C[C@@H](c1ccsc1)N1CCN(CC(=O)N(C)C)CC1. The Kier molecular flexibility index (Phi) is 4.96. The van der Waals surface area contributed by atoms with E-state index in [1.54, 1.807) is 16.2 Å². The van der Waals surface area contributed by atoms with Crippen LogP contribution in [0.3, 0.4) is 0 Å². The van der Waals surface area contributed by atoms with Crippen molar-refractivity contribution in [2.45, 2.75) is 13.0 Å². The molecule has 2 heterocycles. The van der Waals surface area contributed by atoms with Gasteiger partial charge in [0.15, 0.2) is 0 Å². The molecule has 5 heteroatoms. The number of hydrogen-bond donors (Lipinski definition) is 0. The number of nitrogens with zero attached hydrogens (tertiary/aromatic N) is 3. The van der Waals surface area contributed by atoms with E-state index >= 15 is 0 Å². The minimum absolute atomic E-state index is 0.194. The van der Waals surface area contributed by atoms with Crippen LogP contribution >= 0.6 is 11.3 Å². The van der Waals surface area contributed by atoms with Crippen LogP contribution in [0.1, 0.15) is 18.5 Å². The zero-order chi connectivity index (χ0) is 13.8. The molecule has 0 radical (unpaired) electrons. The van der Waals surface area contributed by atoms with Crippen molar-refractivity contribution < 1.29 is 4.79 Å². The molecular formula is C14H23N3OS. The highest BCUT2D eigenvalue weighted by Crippen LogP contribution is 2.23. The molecule has 1 aromatic rings. The molecule has 0 bridgehead atoms. The lowest BCUT2D eigenvalue weighted by molar-refractivity contribution is -0.130. The quantitative estimate of drug-likeness (QED) is 0.837. The summed E-state index contributed by atoms with van der Waals surface area (Å²) in [5.41, 5.74) is 1.41. The van der Waals surface area contributed by atoms with Gasteiger partial charge in [-0.05, 0) is 29.3 Å². The molecule has 1 saturated heterocycles. The van der Waals surface area contributed by atoms with Gasteiger partial charge in [-0.2, -0.15) is 11.3 Å². The summed E-state index contributed by atoms with van der Waals surface area (Å²) in [7, 11) is 3.63. The van der Waals surface area contributed by atoms with Crippen LogP contribution in [0.5, 0.6) is 0 Å². The largest absolute Gasteiger partial charge is 0.348 e. The fourth-order valence-electron chi connectivity index (χ4n) is 2.36. The van der Waals surface area contributed by atoms with Crippen LogP contribution in [0.25, 0.3) is 0 Å². The van der Waals surface area contributed by atoms with Crippen LogP contribution in [-0.2, 0) is 4.79 Å². The van der Waals surface area contributed by atoms with Crippen LogP contribution in [0.4, 0.5) is 0 Å². The van der Waals surface area contributed by atoms with Crippen molar-refractivity contribution in [2.75, 3.05) is 46.8 Å². The number of amides is 1. The van der Waals surface area contributed by atoms with Crippen LogP contribution in [0.2, 0.25) is 0 Å². The third-order valence-electron chi connectivity index (χ3n) is 3.84. The van der Waals surface area contributed by atoms with E-state index in [1.165, 1.54) is 5.56 Å². The standard InChI is InChI=1S/C14H23N3OS/c1-12(13-4-9-19-11-13)17-7-5-16(6-8-17)10-14(18)15(2)3/h4,9,11-12H,5-8,10H2,1-3H3/t12-/m0/s1. The second kappa shape index (κ2) is 6.50. The second-order valence-electron chi connectivity index (χ2n) is 5.33. The first-order chi connectivity index (χ1) is 9.08. The van der Waals surface area contributed by atoms with Crippen molar-refractivity contribution in [1.82, 2.24) is 14.7 Å². The predicted octanol–water partition coefficient (Wildman–Crippen LogP) is 1.51. The van der Waals surface area contributed by atoms with Crippen molar-refractivity contribution in [1.29, 1.82) is 0 Å². The number of carbonyl (C=O) groups excluding carboxylic acids is 1. The summed E-state index contributed by atoms with van der Waals surface area (Å²) in [5, 5.41) is 4.37. The fraction of sp³-hybridized carbons (Fsp3) is 0.643. The minimum atomic E-state index is 0.194.